The number of hydrogen-bond donors (Lipinski definition) is 3. The van der Waals surface area contributed by atoms with Crippen molar-refractivity contribution >= 4 is 11.8 Å². The lowest BCUT2D eigenvalue weighted by molar-refractivity contribution is -0.125. The zero-order valence-corrected chi connectivity index (χ0v) is 11.9. The average molecular weight is 282 g/mol. The summed E-state index contributed by atoms with van der Waals surface area (Å²) in [5.74, 6) is 0.320. The second-order valence-corrected chi connectivity index (χ2v) is 4.49. The molecule has 2 amide bonds. The SMILES string of the molecule is CCC(CC)c1cc(CNC(=O)CNC(=O)CN)on1. The Balaban J connectivity index is 2.38. The van der Waals surface area contributed by atoms with E-state index in [1.54, 1.807) is 0 Å². The molecule has 0 aliphatic carbocycles. The Morgan fingerprint density at radius 1 is 1.30 bits per heavy atom. The lowest BCUT2D eigenvalue weighted by Gasteiger charge is -2.06. The van der Waals surface area contributed by atoms with Gasteiger partial charge in [0.1, 0.15) is 0 Å². The monoisotopic (exact) mass is 282 g/mol. The molecule has 0 spiro atoms. The predicted octanol–water partition coefficient (Wildman–Crippen LogP) is 0.269. The Morgan fingerprint density at radius 3 is 2.60 bits per heavy atom. The van der Waals surface area contributed by atoms with E-state index in [9.17, 15) is 9.59 Å². The molecular weight excluding hydrogens is 260 g/mol. The van der Waals surface area contributed by atoms with Gasteiger partial charge in [-0.2, -0.15) is 0 Å². The van der Waals surface area contributed by atoms with E-state index in [-0.39, 0.29) is 31.4 Å². The van der Waals surface area contributed by atoms with E-state index in [0.717, 1.165) is 18.5 Å². The van der Waals surface area contributed by atoms with Crippen molar-refractivity contribution in [3.8, 4) is 0 Å². The van der Waals surface area contributed by atoms with Crippen LogP contribution in [-0.2, 0) is 16.1 Å². The Bertz CT molecular complexity index is 441. The molecule has 0 saturated carbocycles. The molecule has 112 valence electrons. The summed E-state index contributed by atoms with van der Waals surface area (Å²) in [6.45, 7) is 4.23. The highest BCUT2D eigenvalue weighted by Crippen LogP contribution is 2.22. The van der Waals surface area contributed by atoms with E-state index in [2.05, 4.69) is 29.6 Å². The maximum atomic E-state index is 11.5. The standard InChI is InChI=1S/C13H22N4O3/c1-3-9(4-2)11-5-10(20-17-11)7-15-13(19)8-16-12(18)6-14/h5,9H,3-4,6-8,14H2,1-2H3,(H,15,19)(H,16,18). The van der Waals surface area contributed by atoms with Crippen LogP contribution in [0.3, 0.4) is 0 Å². The first-order chi connectivity index (χ1) is 9.60. The minimum atomic E-state index is -0.365. The van der Waals surface area contributed by atoms with Crippen molar-refractivity contribution in [2.45, 2.75) is 39.2 Å². The minimum absolute atomic E-state index is 0.0937. The zero-order valence-electron chi connectivity index (χ0n) is 11.9. The van der Waals surface area contributed by atoms with Crippen LogP contribution >= 0.6 is 0 Å². The summed E-state index contributed by atoms with van der Waals surface area (Å²) in [6.07, 6.45) is 2.00. The highest BCUT2D eigenvalue weighted by Gasteiger charge is 2.13. The highest BCUT2D eigenvalue weighted by molar-refractivity contribution is 5.85. The number of hydrogen-bond acceptors (Lipinski definition) is 5. The summed E-state index contributed by atoms with van der Waals surface area (Å²) in [7, 11) is 0. The van der Waals surface area contributed by atoms with Gasteiger partial charge in [0.05, 0.1) is 25.3 Å². The van der Waals surface area contributed by atoms with Crippen molar-refractivity contribution in [1.82, 2.24) is 15.8 Å². The molecule has 0 aliphatic rings. The molecule has 0 unspecified atom stereocenters. The van der Waals surface area contributed by atoms with Crippen LogP contribution < -0.4 is 16.4 Å². The van der Waals surface area contributed by atoms with Gasteiger partial charge in [0, 0.05) is 12.0 Å². The molecule has 0 atom stereocenters. The second kappa shape index (κ2) is 8.31. The predicted molar refractivity (Wildman–Crippen MR) is 73.7 cm³/mol. The van der Waals surface area contributed by atoms with Crippen LogP contribution in [0.25, 0.3) is 0 Å². The Labute approximate surface area is 118 Å². The van der Waals surface area contributed by atoms with Crippen molar-refractivity contribution in [3.05, 3.63) is 17.5 Å². The zero-order chi connectivity index (χ0) is 15.0. The van der Waals surface area contributed by atoms with Gasteiger partial charge >= 0.3 is 0 Å². The van der Waals surface area contributed by atoms with Gasteiger partial charge in [-0.05, 0) is 12.8 Å². The smallest absolute Gasteiger partial charge is 0.239 e. The third kappa shape index (κ3) is 5.00. The molecule has 4 N–H and O–H groups in total. The van der Waals surface area contributed by atoms with E-state index in [1.165, 1.54) is 0 Å². The Kier molecular flexibility index (Phi) is 6.72. The first-order valence-electron chi connectivity index (χ1n) is 6.79. The van der Waals surface area contributed by atoms with Crippen molar-refractivity contribution in [2.75, 3.05) is 13.1 Å². The number of nitrogens with one attached hydrogen (secondary N) is 2. The van der Waals surface area contributed by atoms with Crippen molar-refractivity contribution in [1.29, 1.82) is 0 Å². The lowest BCUT2D eigenvalue weighted by atomic mass is 9.99. The molecule has 0 saturated heterocycles. The summed E-state index contributed by atoms with van der Waals surface area (Å²) in [5, 5.41) is 9.04. The van der Waals surface area contributed by atoms with Crippen LogP contribution in [0.15, 0.2) is 10.6 Å². The fourth-order valence-electron chi connectivity index (χ4n) is 1.81. The molecule has 0 aliphatic heterocycles. The summed E-state index contributed by atoms with van der Waals surface area (Å²) in [6, 6.07) is 1.86. The first kappa shape index (κ1) is 16.2. The van der Waals surface area contributed by atoms with Crippen LogP contribution in [0.1, 0.15) is 44.1 Å². The highest BCUT2D eigenvalue weighted by atomic mass is 16.5. The first-order valence-corrected chi connectivity index (χ1v) is 6.79. The fraction of sp³-hybridized carbons (Fsp3) is 0.615. The molecule has 1 aromatic heterocycles. The topological polar surface area (TPSA) is 110 Å². The Hall–Kier alpha value is -1.89. The number of amides is 2. The van der Waals surface area contributed by atoms with E-state index < -0.39 is 0 Å². The number of rotatable bonds is 8. The molecular formula is C13H22N4O3. The number of carbonyl (C=O) groups excluding carboxylic acids is 2. The van der Waals surface area contributed by atoms with Gasteiger partial charge in [-0.3, -0.25) is 9.59 Å². The van der Waals surface area contributed by atoms with Gasteiger partial charge in [-0.25, -0.2) is 0 Å². The molecule has 1 heterocycles. The van der Waals surface area contributed by atoms with E-state index in [1.807, 2.05) is 6.07 Å². The lowest BCUT2D eigenvalue weighted by Crippen LogP contribution is -2.39. The van der Waals surface area contributed by atoms with Crippen molar-refractivity contribution in [3.63, 3.8) is 0 Å². The van der Waals surface area contributed by atoms with Crippen LogP contribution in [0.2, 0.25) is 0 Å². The quantitative estimate of drug-likeness (QED) is 0.634. The van der Waals surface area contributed by atoms with Crippen molar-refractivity contribution < 1.29 is 14.1 Å². The van der Waals surface area contributed by atoms with E-state index in [4.69, 9.17) is 10.3 Å². The molecule has 0 bridgehead atoms. The summed E-state index contributed by atoms with van der Waals surface area (Å²) < 4.78 is 5.17. The molecule has 7 heteroatoms. The normalized spacial score (nSPS) is 10.6. The minimum Gasteiger partial charge on any atom is -0.359 e. The fourth-order valence-corrected chi connectivity index (χ4v) is 1.81. The average Bonchev–Trinajstić information content (AvgIpc) is 2.92. The molecule has 1 rings (SSSR count). The molecule has 0 fully saturated rings. The third-order valence-corrected chi connectivity index (χ3v) is 3.07. The van der Waals surface area contributed by atoms with Gasteiger partial charge in [0.15, 0.2) is 5.76 Å². The third-order valence-electron chi connectivity index (χ3n) is 3.07. The maximum absolute atomic E-state index is 11.5. The maximum Gasteiger partial charge on any atom is 0.239 e. The number of aromatic nitrogens is 1. The summed E-state index contributed by atoms with van der Waals surface area (Å²) in [4.78, 5) is 22.4. The Morgan fingerprint density at radius 2 is 2.00 bits per heavy atom. The van der Waals surface area contributed by atoms with Gasteiger partial charge in [0.2, 0.25) is 11.8 Å². The van der Waals surface area contributed by atoms with Gasteiger partial charge in [0.25, 0.3) is 0 Å². The number of carbonyl (C=O) groups is 2. The molecule has 1 aromatic rings. The molecule has 0 radical (unpaired) electrons. The van der Waals surface area contributed by atoms with Gasteiger partial charge < -0.3 is 20.9 Å². The molecule has 7 nitrogen and oxygen atoms in total. The van der Waals surface area contributed by atoms with Crippen LogP contribution in [0, 0.1) is 0 Å². The largest absolute Gasteiger partial charge is 0.359 e. The van der Waals surface area contributed by atoms with Gasteiger partial charge in [-0.1, -0.05) is 19.0 Å². The molecule has 0 aromatic carbocycles. The number of nitrogens with zero attached hydrogens (tertiary/aromatic N) is 1. The molecule has 20 heavy (non-hydrogen) atoms. The summed E-state index contributed by atoms with van der Waals surface area (Å²) in [5.41, 5.74) is 6.03. The van der Waals surface area contributed by atoms with Crippen LogP contribution in [-0.4, -0.2) is 30.1 Å². The summed E-state index contributed by atoms with van der Waals surface area (Å²) >= 11 is 0. The second-order valence-electron chi connectivity index (χ2n) is 4.49. The van der Waals surface area contributed by atoms with E-state index >= 15 is 0 Å². The van der Waals surface area contributed by atoms with Crippen molar-refractivity contribution in [2.24, 2.45) is 5.73 Å². The number of nitrogens with two attached hydrogens (primary N) is 1. The van der Waals surface area contributed by atoms with Crippen LogP contribution in [0.4, 0.5) is 0 Å². The van der Waals surface area contributed by atoms with Crippen LogP contribution in [0.5, 0.6) is 0 Å². The van der Waals surface area contributed by atoms with E-state index in [0.29, 0.717) is 11.7 Å². The van der Waals surface area contributed by atoms with Gasteiger partial charge in [-0.15, -0.1) is 0 Å².